The van der Waals surface area contributed by atoms with Crippen LogP contribution in [0.4, 0.5) is 5.69 Å². The summed E-state index contributed by atoms with van der Waals surface area (Å²) in [7, 11) is 0. The summed E-state index contributed by atoms with van der Waals surface area (Å²) >= 11 is 3.40. The van der Waals surface area contributed by atoms with Crippen LogP contribution in [-0.2, 0) is 4.79 Å². The van der Waals surface area contributed by atoms with E-state index in [1.54, 1.807) is 0 Å². The van der Waals surface area contributed by atoms with Crippen molar-refractivity contribution in [1.29, 1.82) is 0 Å². The largest absolute Gasteiger partial charge is 0.483 e. The summed E-state index contributed by atoms with van der Waals surface area (Å²) in [6.07, 6.45) is 0. The zero-order valence-electron chi connectivity index (χ0n) is 9.11. The molecule has 0 spiro atoms. The first-order valence-electron chi connectivity index (χ1n) is 5.25. The molecule has 2 heterocycles. The highest BCUT2D eigenvalue weighted by Gasteiger charge is 2.34. The third-order valence-electron chi connectivity index (χ3n) is 2.88. The normalized spacial score (nSPS) is 22.0. The van der Waals surface area contributed by atoms with Gasteiger partial charge in [-0.15, -0.1) is 0 Å². The van der Waals surface area contributed by atoms with Gasteiger partial charge in [-0.3, -0.25) is 4.79 Å². The van der Waals surface area contributed by atoms with Crippen LogP contribution in [-0.4, -0.2) is 24.4 Å². The van der Waals surface area contributed by atoms with Crippen molar-refractivity contribution in [2.45, 2.75) is 13.0 Å². The van der Waals surface area contributed by atoms with Gasteiger partial charge in [-0.1, -0.05) is 15.9 Å². The van der Waals surface area contributed by atoms with E-state index in [9.17, 15) is 4.79 Å². The van der Waals surface area contributed by atoms with Gasteiger partial charge in [-0.05, 0) is 25.1 Å². The molecule has 1 aromatic rings. The molecule has 5 nitrogen and oxygen atoms in total. The number of hydrazone groups is 1. The number of nitrogens with one attached hydrogen (secondary N) is 1. The van der Waals surface area contributed by atoms with Crippen LogP contribution >= 0.6 is 15.9 Å². The molecule has 0 aliphatic carbocycles. The number of halogens is 1. The number of hydrogen-bond acceptors (Lipinski definition) is 4. The molecule has 1 atom stereocenters. The van der Waals surface area contributed by atoms with E-state index in [1.807, 2.05) is 30.0 Å². The minimum absolute atomic E-state index is 0.107. The molecule has 0 saturated carbocycles. The minimum atomic E-state index is -0.272. The van der Waals surface area contributed by atoms with E-state index in [0.717, 1.165) is 21.7 Å². The van der Waals surface area contributed by atoms with Crippen molar-refractivity contribution in [1.82, 2.24) is 5.43 Å². The van der Waals surface area contributed by atoms with Gasteiger partial charge < -0.3 is 9.64 Å². The van der Waals surface area contributed by atoms with Crippen LogP contribution in [0.15, 0.2) is 27.8 Å². The van der Waals surface area contributed by atoms with Crippen molar-refractivity contribution in [3.05, 3.63) is 22.7 Å². The summed E-state index contributed by atoms with van der Waals surface area (Å²) in [5, 5.41) is 4.01. The molecule has 1 N–H and O–H groups in total. The molecule has 88 valence electrons. The molecule has 0 radical (unpaired) electrons. The second-order valence-corrected chi connectivity index (χ2v) is 4.87. The molecular weight excluding hydrogens is 286 g/mol. The van der Waals surface area contributed by atoms with Crippen molar-refractivity contribution < 1.29 is 9.53 Å². The molecule has 2 aliphatic rings. The summed E-state index contributed by atoms with van der Waals surface area (Å²) in [5.74, 6) is 1.39. The monoisotopic (exact) mass is 295 g/mol. The van der Waals surface area contributed by atoms with E-state index in [2.05, 4.69) is 26.5 Å². The van der Waals surface area contributed by atoms with E-state index in [0.29, 0.717) is 6.61 Å². The Morgan fingerprint density at radius 2 is 2.41 bits per heavy atom. The molecule has 0 saturated heterocycles. The van der Waals surface area contributed by atoms with Crippen LogP contribution < -0.4 is 15.1 Å². The number of rotatable bonds is 0. The van der Waals surface area contributed by atoms with E-state index < -0.39 is 0 Å². The number of amidine groups is 1. The maximum Gasteiger partial charge on any atom is 0.262 e. The number of carbonyl (C=O) groups is 1. The number of fused-ring (bicyclic) bond motifs is 3. The average molecular weight is 296 g/mol. The molecule has 0 fully saturated rings. The van der Waals surface area contributed by atoms with Gasteiger partial charge in [-0.25, -0.2) is 5.43 Å². The number of amides is 1. The molecule has 3 rings (SSSR count). The van der Waals surface area contributed by atoms with Crippen LogP contribution in [0, 0.1) is 0 Å². The minimum Gasteiger partial charge on any atom is -0.483 e. The molecule has 1 unspecified atom stereocenters. The van der Waals surface area contributed by atoms with Gasteiger partial charge in [0.1, 0.15) is 18.4 Å². The van der Waals surface area contributed by atoms with E-state index in [1.165, 1.54) is 0 Å². The summed E-state index contributed by atoms with van der Waals surface area (Å²) in [6, 6.07) is 5.46. The second-order valence-electron chi connectivity index (χ2n) is 3.95. The highest BCUT2D eigenvalue weighted by atomic mass is 79.9. The molecule has 6 heteroatoms. The third kappa shape index (κ3) is 1.59. The lowest BCUT2D eigenvalue weighted by Crippen LogP contribution is -2.55. The van der Waals surface area contributed by atoms with Crippen molar-refractivity contribution in [3.8, 4) is 5.75 Å². The lowest BCUT2D eigenvalue weighted by molar-refractivity contribution is -0.122. The third-order valence-corrected chi connectivity index (χ3v) is 3.37. The Balaban J connectivity index is 2.12. The molecule has 17 heavy (non-hydrogen) atoms. The lowest BCUT2D eigenvalue weighted by Gasteiger charge is -2.37. The van der Waals surface area contributed by atoms with E-state index >= 15 is 0 Å². The SMILES string of the molecule is CC1C(=O)NN=C2COc3cc(Br)ccc3N21. The molecule has 1 aromatic carbocycles. The summed E-state index contributed by atoms with van der Waals surface area (Å²) in [6.45, 7) is 2.22. The molecule has 2 aliphatic heterocycles. The zero-order valence-corrected chi connectivity index (χ0v) is 10.7. The maximum atomic E-state index is 11.6. The van der Waals surface area contributed by atoms with Crippen molar-refractivity contribution in [2.24, 2.45) is 5.10 Å². The van der Waals surface area contributed by atoms with Gasteiger partial charge in [0.05, 0.1) is 5.69 Å². The number of ether oxygens (including phenoxy) is 1. The molecule has 0 aromatic heterocycles. The Kier molecular flexibility index (Phi) is 2.32. The Labute approximate surface area is 107 Å². The Bertz CT molecular complexity index is 529. The van der Waals surface area contributed by atoms with Crippen LogP contribution in [0.1, 0.15) is 6.92 Å². The maximum absolute atomic E-state index is 11.6. The highest BCUT2D eigenvalue weighted by molar-refractivity contribution is 9.10. The smallest absolute Gasteiger partial charge is 0.262 e. The fourth-order valence-corrected chi connectivity index (χ4v) is 2.34. The number of hydrogen-bond donors (Lipinski definition) is 1. The fraction of sp³-hybridized carbons (Fsp3) is 0.273. The number of anilines is 1. The van der Waals surface area contributed by atoms with Gasteiger partial charge in [0.15, 0.2) is 5.84 Å². The highest BCUT2D eigenvalue weighted by Crippen LogP contribution is 2.36. The van der Waals surface area contributed by atoms with Crippen LogP contribution in [0.25, 0.3) is 0 Å². The summed E-state index contributed by atoms with van der Waals surface area (Å²) < 4.78 is 6.55. The summed E-state index contributed by atoms with van der Waals surface area (Å²) in [4.78, 5) is 13.5. The summed E-state index contributed by atoms with van der Waals surface area (Å²) in [5.41, 5.74) is 3.37. The Morgan fingerprint density at radius 1 is 1.59 bits per heavy atom. The average Bonchev–Trinajstić information content (AvgIpc) is 2.33. The predicted octanol–water partition coefficient (Wildman–Crippen LogP) is 1.48. The van der Waals surface area contributed by atoms with E-state index in [4.69, 9.17) is 4.74 Å². The molecule has 1 amide bonds. The van der Waals surface area contributed by atoms with Gasteiger partial charge in [0.25, 0.3) is 5.91 Å². The van der Waals surface area contributed by atoms with Crippen molar-refractivity contribution in [2.75, 3.05) is 11.5 Å². The van der Waals surface area contributed by atoms with Gasteiger partial charge in [0.2, 0.25) is 0 Å². The number of benzene rings is 1. The molecule has 0 bridgehead atoms. The first-order chi connectivity index (χ1) is 8.16. The molecular formula is C11H10BrN3O2. The van der Waals surface area contributed by atoms with Crippen LogP contribution in [0.2, 0.25) is 0 Å². The van der Waals surface area contributed by atoms with E-state index in [-0.39, 0.29) is 11.9 Å². The standard InChI is InChI=1S/C11H10BrN3O2/c1-6-11(16)14-13-10-5-17-9-4-7(12)2-3-8(9)15(6)10/h2-4,6H,5H2,1H3,(H,14,16). The lowest BCUT2D eigenvalue weighted by atomic mass is 10.1. The Morgan fingerprint density at radius 3 is 3.24 bits per heavy atom. The topological polar surface area (TPSA) is 53.9 Å². The first-order valence-corrected chi connectivity index (χ1v) is 6.04. The van der Waals surface area contributed by atoms with Gasteiger partial charge in [-0.2, -0.15) is 5.10 Å². The number of carbonyl (C=O) groups excluding carboxylic acids is 1. The van der Waals surface area contributed by atoms with Crippen molar-refractivity contribution >= 4 is 33.4 Å². The van der Waals surface area contributed by atoms with Crippen LogP contribution in [0.3, 0.4) is 0 Å². The second kappa shape index (κ2) is 3.73. The number of nitrogens with zero attached hydrogens (tertiary/aromatic N) is 2. The zero-order chi connectivity index (χ0) is 12.0. The predicted molar refractivity (Wildman–Crippen MR) is 67.2 cm³/mol. The fourth-order valence-electron chi connectivity index (χ4n) is 2.00. The first kappa shape index (κ1) is 10.6. The van der Waals surface area contributed by atoms with Gasteiger partial charge in [0, 0.05) is 4.47 Å². The van der Waals surface area contributed by atoms with Crippen LogP contribution in [0.5, 0.6) is 5.75 Å². The quantitative estimate of drug-likeness (QED) is 0.789. The Hall–Kier alpha value is -1.56. The van der Waals surface area contributed by atoms with Gasteiger partial charge >= 0.3 is 0 Å². The van der Waals surface area contributed by atoms with Crippen molar-refractivity contribution in [3.63, 3.8) is 0 Å².